The second-order valence-corrected chi connectivity index (χ2v) is 5.27. The average molecular weight is 344 g/mol. The summed E-state index contributed by atoms with van der Waals surface area (Å²) in [5.41, 5.74) is 6.29. The van der Waals surface area contributed by atoms with Crippen LogP contribution in [0.4, 0.5) is 10.3 Å². The number of carbonyl (C=O) groups is 1. The predicted octanol–water partition coefficient (Wildman–Crippen LogP) is 1.81. The number of nitriles is 1. The third-order valence-corrected chi connectivity index (χ3v) is 3.59. The standard InChI is InChI=1S/C16H13FN4O4/c17-25-16(22)12-13(19)20-14(10-3-1-2-9(6-10)7-18)21-15(12)24-11-4-5-23-8-11/h1-3,6,11H,4-5,8H2,(H2,19,20,21)/t11-/m0/s1. The number of rotatable bonds is 4. The highest BCUT2D eigenvalue weighted by Crippen LogP contribution is 2.28. The van der Waals surface area contributed by atoms with Crippen LogP contribution in [0.3, 0.4) is 0 Å². The maximum Gasteiger partial charge on any atom is 0.388 e. The van der Waals surface area contributed by atoms with Gasteiger partial charge in [0.25, 0.3) is 0 Å². The van der Waals surface area contributed by atoms with Crippen LogP contribution in [0, 0.1) is 11.3 Å². The number of hydrogen-bond acceptors (Lipinski definition) is 8. The van der Waals surface area contributed by atoms with Crippen LogP contribution in [0.25, 0.3) is 11.4 Å². The molecule has 0 amide bonds. The molecule has 128 valence electrons. The first kappa shape index (κ1) is 16.6. The summed E-state index contributed by atoms with van der Waals surface area (Å²) in [5, 5.41) is 9.00. The van der Waals surface area contributed by atoms with Gasteiger partial charge in [-0.1, -0.05) is 12.1 Å². The first-order chi connectivity index (χ1) is 12.1. The molecule has 0 saturated carbocycles. The van der Waals surface area contributed by atoms with Gasteiger partial charge in [0.05, 0.1) is 24.8 Å². The molecule has 0 spiro atoms. The van der Waals surface area contributed by atoms with E-state index in [2.05, 4.69) is 14.9 Å². The molecule has 1 aromatic carbocycles. The number of hydrogen-bond donors (Lipinski definition) is 1. The average Bonchev–Trinajstić information content (AvgIpc) is 3.14. The van der Waals surface area contributed by atoms with Crippen LogP contribution in [-0.2, 0) is 9.68 Å². The molecule has 0 bridgehead atoms. The fraction of sp³-hybridized carbons (Fsp3) is 0.250. The van der Waals surface area contributed by atoms with E-state index in [0.717, 1.165) is 0 Å². The van der Waals surface area contributed by atoms with Crippen LogP contribution < -0.4 is 10.5 Å². The van der Waals surface area contributed by atoms with Crippen LogP contribution in [0.15, 0.2) is 24.3 Å². The van der Waals surface area contributed by atoms with Crippen LogP contribution >= 0.6 is 0 Å². The van der Waals surface area contributed by atoms with Gasteiger partial charge in [0.15, 0.2) is 11.4 Å². The van der Waals surface area contributed by atoms with Crippen LogP contribution in [0.1, 0.15) is 22.3 Å². The highest BCUT2D eigenvalue weighted by Gasteiger charge is 2.27. The molecule has 0 unspecified atom stereocenters. The Hall–Kier alpha value is -3.25. The van der Waals surface area contributed by atoms with Gasteiger partial charge in [0.1, 0.15) is 11.9 Å². The summed E-state index contributed by atoms with van der Waals surface area (Å²) in [7, 11) is 0. The minimum Gasteiger partial charge on any atom is -0.471 e. The van der Waals surface area contributed by atoms with Crippen LogP contribution in [-0.4, -0.2) is 35.3 Å². The van der Waals surface area contributed by atoms with Crippen molar-refractivity contribution >= 4 is 11.8 Å². The molecule has 2 aromatic rings. The molecule has 1 saturated heterocycles. The van der Waals surface area contributed by atoms with Crippen molar-refractivity contribution in [3.05, 3.63) is 35.4 Å². The van der Waals surface area contributed by atoms with Crippen molar-refractivity contribution in [2.45, 2.75) is 12.5 Å². The van der Waals surface area contributed by atoms with Gasteiger partial charge in [0.2, 0.25) is 5.88 Å². The number of ether oxygens (including phenoxy) is 2. The van der Waals surface area contributed by atoms with Gasteiger partial charge in [-0.3, -0.25) is 0 Å². The fourth-order valence-corrected chi connectivity index (χ4v) is 2.39. The molecular formula is C16H13FN4O4. The summed E-state index contributed by atoms with van der Waals surface area (Å²) in [5.74, 6) is -1.69. The highest BCUT2D eigenvalue weighted by atomic mass is 19.3. The van der Waals surface area contributed by atoms with E-state index in [0.29, 0.717) is 30.8 Å². The quantitative estimate of drug-likeness (QED) is 0.891. The summed E-state index contributed by atoms with van der Waals surface area (Å²) in [4.78, 5) is 23.1. The molecule has 2 N–H and O–H groups in total. The second-order valence-electron chi connectivity index (χ2n) is 5.27. The number of halogens is 1. The monoisotopic (exact) mass is 344 g/mol. The van der Waals surface area contributed by atoms with Gasteiger partial charge in [-0.2, -0.15) is 10.2 Å². The molecule has 25 heavy (non-hydrogen) atoms. The van der Waals surface area contributed by atoms with Gasteiger partial charge >= 0.3 is 5.97 Å². The number of carbonyl (C=O) groups excluding carboxylic acids is 1. The number of nitrogens with zero attached hydrogens (tertiary/aromatic N) is 3. The van der Waals surface area contributed by atoms with E-state index in [1.54, 1.807) is 24.3 Å². The van der Waals surface area contributed by atoms with Crippen molar-refractivity contribution in [2.24, 2.45) is 0 Å². The Kier molecular flexibility index (Phi) is 4.72. The first-order valence-corrected chi connectivity index (χ1v) is 7.37. The third kappa shape index (κ3) is 3.49. The van der Waals surface area contributed by atoms with Gasteiger partial charge < -0.3 is 15.2 Å². The zero-order chi connectivity index (χ0) is 17.8. The van der Waals surface area contributed by atoms with Crippen molar-refractivity contribution in [1.82, 2.24) is 9.97 Å². The van der Waals surface area contributed by atoms with Crippen LogP contribution in [0.2, 0.25) is 0 Å². The van der Waals surface area contributed by atoms with Crippen molar-refractivity contribution < 1.29 is 23.7 Å². The Balaban J connectivity index is 2.07. The van der Waals surface area contributed by atoms with E-state index in [-0.39, 0.29) is 23.6 Å². The topological polar surface area (TPSA) is 120 Å². The highest BCUT2D eigenvalue weighted by molar-refractivity contribution is 5.96. The lowest BCUT2D eigenvalue weighted by molar-refractivity contribution is -0.0791. The molecule has 1 fully saturated rings. The van der Waals surface area contributed by atoms with Gasteiger partial charge in [-0.15, -0.1) is 0 Å². The fourth-order valence-electron chi connectivity index (χ4n) is 2.39. The number of nitrogen functional groups attached to an aromatic ring is 1. The predicted molar refractivity (Wildman–Crippen MR) is 83.0 cm³/mol. The van der Waals surface area contributed by atoms with E-state index < -0.39 is 11.5 Å². The largest absolute Gasteiger partial charge is 0.471 e. The lowest BCUT2D eigenvalue weighted by Crippen LogP contribution is -2.20. The Morgan fingerprint density at radius 3 is 2.96 bits per heavy atom. The van der Waals surface area contributed by atoms with Gasteiger partial charge in [0, 0.05) is 16.5 Å². The molecule has 9 heteroatoms. The van der Waals surface area contributed by atoms with Crippen molar-refractivity contribution in [3.8, 4) is 23.3 Å². The minimum atomic E-state index is -1.34. The molecule has 1 aliphatic rings. The SMILES string of the molecule is N#Cc1cccc(-c2nc(N)c(C(=O)OF)c(O[C@H]3CCOC3)n2)c1. The van der Waals surface area contributed by atoms with E-state index in [9.17, 15) is 9.32 Å². The lowest BCUT2D eigenvalue weighted by Gasteiger charge is -2.15. The second kappa shape index (κ2) is 7.11. The summed E-state index contributed by atoms with van der Waals surface area (Å²) in [6.45, 7) is 0.818. The maximum absolute atomic E-state index is 12.4. The van der Waals surface area contributed by atoms with Gasteiger partial charge in [-0.05, 0) is 12.1 Å². The molecule has 1 atom stereocenters. The Morgan fingerprint density at radius 1 is 1.44 bits per heavy atom. The number of anilines is 1. The molecule has 2 heterocycles. The third-order valence-electron chi connectivity index (χ3n) is 3.59. The number of benzene rings is 1. The lowest BCUT2D eigenvalue weighted by atomic mass is 10.1. The molecule has 8 nitrogen and oxygen atoms in total. The van der Waals surface area contributed by atoms with E-state index in [4.69, 9.17) is 20.5 Å². The Morgan fingerprint density at radius 2 is 2.28 bits per heavy atom. The number of aromatic nitrogens is 2. The van der Waals surface area contributed by atoms with Gasteiger partial charge in [-0.25, -0.2) is 14.7 Å². The van der Waals surface area contributed by atoms with E-state index >= 15 is 0 Å². The molecular weight excluding hydrogens is 331 g/mol. The summed E-state index contributed by atoms with van der Waals surface area (Å²) < 4.78 is 23.2. The number of nitrogens with two attached hydrogens (primary N) is 1. The van der Waals surface area contributed by atoms with Crippen molar-refractivity contribution in [2.75, 3.05) is 18.9 Å². The minimum absolute atomic E-state index is 0.138. The molecule has 3 rings (SSSR count). The summed E-state index contributed by atoms with van der Waals surface area (Å²) >= 11 is 0. The van der Waals surface area contributed by atoms with Crippen molar-refractivity contribution in [3.63, 3.8) is 0 Å². The normalized spacial score (nSPS) is 16.2. The summed E-state index contributed by atoms with van der Waals surface area (Å²) in [6, 6.07) is 8.51. The molecule has 0 aliphatic carbocycles. The smallest absolute Gasteiger partial charge is 0.388 e. The zero-order valence-corrected chi connectivity index (χ0v) is 12.9. The summed E-state index contributed by atoms with van der Waals surface area (Å²) in [6.07, 6.45) is 0.242. The molecule has 1 aliphatic heterocycles. The molecule has 0 radical (unpaired) electrons. The van der Waals surface area contributed by atoms with Crippen molar-refractivity contribution in [1.29, 1.82) is 5.26 Å². The Bertz CT molecular complexity index is 847. The van der Waals surface area contributed by atoms with Crippen LogP contribution in [0.5, 0.6) is 5.88 Å². The maximum atomic E-state index is 12.4. The first-order valence-electron chi connectivity index (χ1n) is 7.37. The van der Waals surface area contributed by atoms with E-state index in [1.807, 2.05) is 6.07 Å². The van der Waals surface area contributed by atoms with E-state index in [1.165, 1.54) is 0 Å². The zero-order valence-electron chi connectivity index (χ0n) is 12.9. The Labute approximate surface area is 141 Å². The molecule has 1 aromatic heterocycles.